The quantitative estimate of drug-likeness (QED) is 0.730. The van der Waals surface area contributed by atoms with E-state index in [0.29, 0.717) is 0 Å². The minimum absolute atomic E-state index is 0.724. The van der Waals surface area contributed by atoms with Gasteiger partial charge in [0.2, 0.25) is 0 Å². The molecule has 96 valence electrons. The van der Waals surface area contributed by atoms with Gasteiger partial charge < -0.3 is 10.1 Å². The summed E-state index contributed by atoms with van der Waals surface area (Å²) in [6.07, 6.45) is 1.22. The van der Waals surface area contributed by atoms with Crippen LogP contribution in [0.4, 0.5) is 0 Å². The van der Waals surface area contributed by atoms with Crippen LogP contribution in [0.2, 0.25) is 0 Å². The molecule has 2 heteroatoms. The molecule has 2 nitrogen and oxygen atoms in total. The van der Waals surface area contributed by atoms with E-state index in [1.807, 2.05) is 6.92 Å². The molecule has 0 amide bonds. The van der Waals surface area contributed by atoms with Crippen molar-refractivity contribution < 1.29 is 4.74 Å². The maximum atomic E-state index is 5.63. The molecule has 0 bridgehead atoms. The molecule has 1 aromatic rings. The maximum absolute atomic E-state index is 5.63. The van der Waals surface area contributed by atoms with Crippen LogP contribution in [0.15, 0.2) is 18.2 Å². The second-order valence-corrected chi connectivity index (χ2v) is 4.90. The van der Waals surface area contributed by atoms with Crippen molar-refractivity contribution in [3.8, 4) is 5.75 Å². The highest BCUT2D eigenvalue weighted by Crippen LogP contribution is 2.19. The van der Waals surface area contributed by atoms with Crippen molar-refractivity contribution >= 4 is 0 Å². The van der Waals surface area contributed by atoms with Gasteiger partial charge in [-0.2, -0.15) is 0 Å². The van der Waals surface area contributed by atoms with E-state index in [-0.39, 0.29) is 0 Å². The van der Waals surface area contributed by atoms with Gasteiger partial charge in [0.15, 0.2) is 0 Å². The van der Waals surface area contributed by atoms with Crippen LogP contribution in [0, 0.1) is 12.8 Å². The van der Waals surface area contributed by atoms with Crippen molar-refractivity contribution in [1.29, 1.82) is 0 Å². The monoisotopic (exact) mass is 235 g/mol. The number of hydrogen-bond acceptors (Lipinski definition) is 2. The summed E-state index contributed by atoms with van der Waals surface area (Å²) < 4.78 is 5.63. The summed E-state index contributed by atoms with van der Waals surface area (Å²) in [7, 11) is 0. The summed E-state index contributed by atoms with van der Waals surface area (Å²) in [5.74, 6) is 1.77. The first-order valence-corrected chi connectivity index (χ1v) is 6.56. The lowest BCUT2D eigenvalue weighted by Crippen LogP contribution is -2.17. The van der Waals surface area contributed by atoms with Gasteiger partial charge in [0.25, 0.3) is 0 Å². The third-order valence-corrected chi connectivity index (χ3v) is 2.73. The lowest BCUT2D eigenvalue weighted by atomic mass is 10.1. The molecule has 0 aliphatic rings. The van der Waals surface area contributed by atoms with Crippen LogP contribution >= 0.6 is 0 Å². The average molecular weight is 235 g/mol. The molecule has 17 heavy (non-hydrogen) atoms. The number of hydrogen-bond donors (Lipinski definition) is 1. The summed E-state index contributed by atoms with van der Waals surface area (Å²) >= 11 is 0. The summed E-state index contributed by atoms with van der Waals surface area (Å²) in [4.78, 5) is 0. The first-order chi connectivity index (χ1) is 8.13. The van der Waals surface area contributed by atoms with Crippen LogP contribution in [-0.2, 0) is 6.54 Å². The molecule has 0 saturated heterocycles. The highest BCUT2D eigenvalue weighted by Gasteiger charge is 2.03. The third-order valence-electron chi connectivity index (χ3n) is 2.73. The van der Waals surface area contributed by atoms with Crippen LogP contribution in [0.3, 0.4) is 0 Å². The van der Waals surface area contributed by atoms with E-state index in [1.165, 1.54) is 17.5 Å². The Kier molecular flexibility index (Phi) is 6.06. The van der Waals surface area contributed by atoms with Gasteiger partial charge in [0, 0.05) is 12.1 Å². The third kappa shape index (κ3) is 5.22. The number of ether oxygens (including phenoxy) is 1. The molecule has 1 N–H and O–H groups in total. The van der Waals surface area contributed by atoms with Crippen molar-refractivity contribution in [1.82, 2.24) is 5.32 Å². The van der Waals surface area contributed by atoms with Gasteiger partial charge in [0.05, 0.1) is 6.61 Å². The Balaban J connectivity index is 2.52. The van der Waals surface area contributed by atoms with E-state index in [1.54, 1.807) is 0 Å². The first-order valence-electron chi connectivity index (χ1n) is 6.56. The van der Waals surface area contributed by atoms with E-state index in [0.717, 1.165) is 31.4 Å². The molecule has 1 rings (SSSR count). The summed E-state index contributed by atoms with van der Waals surface area (Å²) in [6.45, 7) is 11.3. The zero-order valence-electron chi connectivity index (χ0n) is 11.5. The number of rotatable bonds is 7. The highest BCUT2D eigenvalue weighted by atomic mass is 16.5. The SMILES string of the molecule is CCOc1ccc(C)cc1CNCCC(C)C. The van der Waals surface area contributed by atoms with Gasteiger partial charge in [-0.1, -0.05) is 31.5 Å². The van der Waals surface area contributed by atoms with Gasteiger partial charge >= 0.3 is 0 Å². The minimum atomic E-state index is 0.724. The summed E-state index contributed by atoms with van der Waals surface area (Å²) in [5, 5.41) is 3.48. The zero-order valence-corrected chi connectivity index (χ0v) is 11.5. The molecule has 0 aromatic heterocycles. The van der Waals surface area contributed by atoms with E-state index in [2.05, 4.69) is 44.3 Å². The van der Waals surface area contributed by atoms with Crippen molar-refractivity contribution in [2.24, 2.45) is 5.92 Å². The minimum Gasteiger partial charge on any atom is -0.494 e. The largest absolute Gasteiger partial charge is 0.494 e. The fraction of sp³-hybridized carbons (Fsp3) is 0.600. The van der Waals surface area contributed by atoms with Gasteiger partial charge in [0.1, 0.15) is 5.75 Å². The second kappa shape index (κ2) is 7.33. The first kappa shape index (κ1) is 14.0. The Morgan fingerprint density at radius 3 is 2.71 bits per heavy atom. The molecule has 1 aromatic carbocycles. The van der Waals surface area contributed by atoms with E-state index in [9.17, 15) is 0 Å². The molecule has 0 spiro atoms. The van der Waals surface area contributed by atoms with Crippen LogP contribution in [-0.4, -0.2) is 13.2 Å². The maximum Gasteiger partial charge on any atom is 0.123 e. The van der Waals surface area contributed by atoms with Crippen molar-refractivity contribution in [2.45, 2.75) is 40.7 Å². The smallest absolute Gasteiger partial charge is 0.123 e. The molecule has 0 unspecified atom stereocenters. The molecule has 0 heterocycles. The van der Waals surface area contributed by atoms with E-state index >= 15 is 0 Å². The van der Waals surface area contributed by atoms with Gasteiger partial charge in [-0.15, -0.1) is 0 Å². The Hall–Kier alpha value is -1.02. The Morgan fingerprint density at radius 2 is 2.06 bits per heavy atom. The average Bonchev–Trinajstić information content (AvgIpc) is 2.28. The predicted molar refractivity (Wildman–Crippen MR) is 73.5 cm³/mol. The number of nitrogens with one attached hydrogen (secondary N) is 1. The highest BCUT2D eigenvalue weighted by molar-refractivity contribution is 5.36. The zero-order chi connectivity index (χ0) is 12.7. The Bertz CT molecular complexity index is 334. The number of benzene rings is 1. The second-order valence-electron chi connectivity index (χ2n) is 4.90. The molecular formula is C15H25NO. The van der Waals surface area contributed by atoms with Crippen molar-refractivity contribution in [3.05, 3.63) is 29.3 Å². The molecule has 0 aliphatic carbocycles. The summed E-state index contributed by atoms with van der Waals surface area (Å²) in [5.41, 5.74) is 2.55. The predicted octanol–water partition coefficient (Wildman–Crippen LogP) is 3.53. The molecule has 0 fully saturated rings. The van der Waals surface area contributed by atoms with Gasteiger partial charge in [-0.3, -0.25) is 0 Å². The Labute approximate surface area is 105 Å². The van der Waals surface area contributed by atoms with Crippen LogP contribution < -0.4 is 10.1 Å². The fourth-order valence-corrected chi connectivity index (χ4v) is 1.76. The lowest BCUT2D eigenvalue weighted by Gasteiger charge is -2.12. The topological polar surface area (TPSA) is 21.3 Å². The van der Waals surface area contributed by atoms with Gasteiger partial charge in [-0.05, 0) is 38.8 Å². The normalized spacial score (nSPS) is 10.9. The van der Waals surface area contributed by atoms with Crippen molar-refractivity contribution in [3.63, 3.8) is 0 Å². The van der Waals surface area contributed by atoms with Crippen LogP contribution in [0.25, 0.3) is 0 Å². The number of aryl methyl sites for hydroxylation is 1. The van der Waals surface area contributed by atoms with E-state index in [4.69, 9.17) is 4.74 Å². The molecule has 0 atom stereocenters. The molecule has 0 saturated carbocycles. The lowest BCUT2D eigenvalue weighted by molar-refractivity contribution is 0.335. The Morgan fingerprint density at radius 1 is 1.29 bits per heavy atom. The van der Waals surface area contributed by atoms with Gasteiger partial charge in [-0.25, -0.2) is 0 Å². The van der Waals surface area contributed by atoms with E-state index < -0.39 is 0 Å². The van der Waals surface area contributed by atoms with Crippen molar-refractivity contribution in [2.75, 3.05) is 13.2 Å². The molecule has 0 radical (unpaired) electrons. The standard InChI is InChI=1S/C15H25NO/c1-5-17-15-7-6-13(4)10-14(15)11-16-9-8-12(2)3/h6-7,10,12,16H,5,8-9,11H2,1-4H3. The van der Waals surface area contributed by atoms with Crippen LogP contribution in [0.1, 0.15) is 38.3 Å². The summed E-state index contributed by atoms with van der Waals surface area (Å²) in [6, 6.07) is 6.37. The molecular weight excluding hydrogens is 210 g/mol. The fourth-order valence-electron chi connectivity index (χ4n) is 1.76. The molecule has 0 aliphatic heterocycles. The van der Waals surface area contributed by atoms with Crippen LogP contribution in [0.5, 0.6) is 5.75 Å².